The molecule has 0 aliphatic carbocycles. The minimum atomic E-state index is 1.15. The largest absolute Gasteiger partial charge is 0.0985 e. The fourth-order valence-electron chi connectivity index (χ4n) is 5.92. The molecule has 0 aromatic heterocycles. The van der Waals surface area contributed by atoms with Gasteiger partial charge in [-0.15, -0.1) is 0 Å². The molecule has 0 heterocycles. The van der Waals surface area contributed by atoms with Gasteiger partial charge in [0.05, 0.1) is 0 Å². The van der Waals surface area contributed by atoms with Crippen molar-refractivity contribution in [1.29, 1.82) is 0 Å². The van der Waals surface area contributed by atoms with Crippen LogP contribution < -0.4 is 0 Å². The number of fused-ring (bicyclic) bond motifs is 5. The van der Waals surface area contributed by atoms with Crippen molar-refractivity contribution in [2.75, 3.05) is 0 Å². The predicted octanol–water partition coefficient (Wildman–Crippen LogP) is 11.7. The number of benzene rings is 6. The molecular weight excluding hydrogens is 480 g/mol. The lowest BCUT2D eigenvalue weighted by atomic mass is 9.87. The van der Waals surface area contributed by atoms with Gasteiger partial charge in [0, 0.05) is 0 Å². The van der Waals surface area contributed by atoms with Gasteiger partial charge in [-0.05, 0) is 103 Å². The molecule has 6 aromatic carbocycles. The Hall–Kier alpha value is -4.94. The van der Waals surface area contributed by atoms with Crippen LogP contribution in [0.15, 0.2) is 147 Å². The molecule has 0 aliphatic heterocycles. The molecule has 40 heavy (non-hydrogen) atoms. The molecule has 0 atom stereocenters. The van der Waals surface area contributed by atoms with Crippen molar-refractivity contribution in [3.63, 3.8) is 0 Å². The first kappa shape index (κ1) is 25.3. The quantitative estimate of drug-likeness (QED) is 0.154. The van der Waals surface area contributed by atoms with Crippen LogP contribution in [0.5, 0.6) is 0 Å². The lowest BCUT2D eigenvalue weighted by Crippen LogP contribution is -1.90. The van der Waals surface area contributed by atoms with Crippen LogP contribution in [-0.4, -0.2) is 0 Å². The highest BCUT2D eigenvalue weighted by Gasteiger charge is 2.14. The Morgan fingerprint density at radius 3 is 1.12 bits per heavy atom. The Morgan fingerprint density at radius 1 is 0.450 bits per heavy atom. The fourth-order valence-corrected chi connectivity index (χ4v) is 5.92. The summed E-state index contributed by atoms with van der Waals surface area (Å²) in [5.74, 6) is 0. The second-order valence-electron chi connectivity index (χ2n) is 10.1. The second-order valence-corrected chi connectivity index (χ2v) is 10.1. The first-order chi connectivity index (χ1) is 19.7. The van der Waals surface area contributed by atoms with Crippen molar-refractivity contribution in [2.45, 2.75) is 13.8 Å². The van der Waals surface area contributed by atoms with Gasteiger partial charge in [0.25, 0.3) is 0 Å². The molecule has 192 valence electrons. The Balaban J connectivity index is 1.61. The monoisotopic (exact) mass is 512 g/mol. The van der Waals surface area contributed by atoms with E-state index in [1.165, 1.54) is 65.7 Å². The van der Waals surface area contributed by atoms with E-state index in [9.17, 15) is 0 Å². The van der Waals surface area contributed by atoms with Crippen LogP contribution in [0.2, 0.25) is 0 Å². The highest BCUT2D eigenvalue weighted by molar-refractivity contribution is 6.23. The van der Waals surface area contributed by atoms with Gasteiger partial charge in [-0.1, -0.05) is 135 Å². The summed E-state index contributed by atoms with van der Waals surface area (Å²) in [5, 5.41) is 7.61. The predicted molar refractivity (Wildman–Crippen MR) is 178 cm³/mol. The molecule has 0 nitrogen and oxygen atoms in total. The average Bonchev–Trinajstić information content (AvgIpc) is 3.02. The van der Waals surface area contributed by atoms with Crippen LogP contribution in [0.1, 0.15) is 25.0 Å². The fraction of sp³-hybridized carbons (Fsp3) is 0.0500. The molecule has 6 aromatic rings. The topological polar surface area (TPSA) is 0 Å². The van der Waals surface area contributed by atoms with E-state index in [0.717, 1.165) is 11.1 Å². The van der Waals surface area contributed by atoms with Gasteiger partial charge in [-0.2, -0.15) is 0 Å². The van der Waals surface area contributed by atoms with Gasteiger partial charge in [0.2, 0.25) is 0 Å². The van der Waals surface area contributed by atoms with E-state index in [0.29, 0.717) is 0 Å². The van der Waals surface area contributed by atoms with Gasteiger partial charge in [-0.3, -0.25) is 0 Å². The Bertz CT molecular complexity index is 1810. The first-order valence-corrected chi connectivity index (χ1v) is 13.8. The van der Waals surface area contributed by atoms with Crippen molar-refractivity contribution in [1.82, 2.24) is 0 Å². The van der Waals surface area contributed by atoms with Gasteiger partial charge in [0.15, 0.2) is 0 Å². The number of hydrogen-bond donors (Lipinski definition) is 0. The van der Waals surface area contributed by atoms with Crippen LogP contribution in [0.3, 0.4) is 0 Å². The third-order valence-corrected chi connectivity index (χ3v) is 8.00. The van der Waals surface area contributed by atoms with E-state index in [2.05, 4.69) is 148 Å². The van der Waals surface area contributed by atoms with Gasteiger partial charge >= 0.3 is 0 Å². The van der Waals surface area contributed by atoms with E-state index < -0.39 is 0 Å². The average molecular weight is 513 g/mol. The van der Waals surface area contributed by atoms with E-state index in [-0.39, 0.29) is 0 Å². The lowest BCUT2D eigenvalue weighted by Gasteiger charge is -2.16. The maximum Gasteiger partial charge on any atom is -0.00923 e. The maximum atomic E-state index is 3.97. The number of hydrogen-bond acceptors (Lipinski definition) is 0. The molecule has 0 N–H and O–H groups in total. The van der Waals surface area contributed by atoms with Crippen LogP contribution in [0.25, 0.3) is 65.7 Å². The third-order valence-electron chi connectivity index (χ3n) is 8.00. The molecule has 0 spiro atoms. The summed E-state index contributed by atoms with van der Waals surface area (Å²) in [7, 11) is 0. The minimum Gasteiger partial charge on any atom is -0.0985 e. The summed E-state index contributed by atoms with van der Waals surface area (Å²) in [6, 6.07) is 40.1. The second kappa shape index (κ2) is 10.7. The molecule has 0 saturated carbocycles. The molecule has 0 amide bonds. The van der Waals surface area contributed by atoms with Gasteiger partial charge in [-0.25, -0.2) is 0 Å². The smallest absolute Gasteiger partial charge is 0.00923 e. The van der Waals surface area contributed by atoms with Crippen LogP contribution in [0, 0.1) is 0 Å². The molecular formula is C40H32. The molecule has 0 bridgehead atoms. The van der Waals surface area contributed by atoms with Crippen molar-refractivity contribution in [2.24, 2.45) is 0 Å². The van der Waals surface area contributed by atoms with Gasteiger partial charge < -0.3 is 0 Å². The Morgan fingerprint density at radius 2 is 0.800 bits per heavy atom. The number of rotatable bonds is 6. The zero-order valence-corrected chi connectivity index (χ0v) is 23.1. The van der Waals surface area contributed by atoms with Crippen molar-refractivity contribution >= 4 is 43.5 Å². The lowest BCUT2D eigenvalue weighted by molar-refractivity contribution is 1.58. The normalized spacial score (nSPS) is 12.2. The Kier molecular flexibility index (Phi) is 6.76. The molecule has 0 fully saturated rings. The SMILES string of the molecule is C=C/C(=C\C)c1ccc(-c2cc3c4ccccc4c(-c4ccc(/C(C=C)=C/C)cc4)cc3c3ccccc23)cc1. The zero-order valence-electron chi connectivity index (χ0n) is 23.1. The summed E-state index contributed by atoms with van der Waals surface area (Å²) < 4.78 is 0. The van der Waals surface area contributed by atoms with E-state index in [4.69, 9.17) is 0 Å². The molecule has 0 saturated heterocycles. The molecule has 0 aliphatic rings. The zero-order chi connectivity index (χ0) is 27.6. The molecule has 0 heteroatoms. The van der Waals surface area contributed by atoms with E-state index >= 15 is 0 Å². The summed E-state index contributed by atoms with van der Waals surface area (Å²) in [6.45, 7) is 12.0. The number of allylic oxidation sites excluding steroid dienone is 6. The van der Waals surface area contributed by atoms with Crippen molar-refractivity contribution in [3.05, 3.63) is 158 Å². The van der Waals surface area contributed by atoms with Crippen molar-refractivity contribution in [3.8, 4) is 22.3 Å². The summed E-state index contributed by atoms with van der Waals surface area (Å²) in [6.07, 6.45) is 8.03. The highest BCUT2D eigenvalue weighted by atomic mass is 14.2. The first-order valence-electron chi connectivity index (χ1n) is 13.8. The van der Waals surface area contributed by atoms with Crippen LogP contribution >= 0.6 is 0 Å². The summed E-state index contributed by atoms with van der Waals surface area (Å²) in [5.41, 5.74) is 9.59. The molecule has 0 radical (unpaired) electrons. The summed E-state index contributed by atoms with van der Waals surface area (Å²) >= 11 is 0. The van der Waals surface area contributed by atoms with Crippen LogP contribution in [-0.2, 0) is 0 Å². The summed E-state index contributed by atoms with van der Waals surface area (Å²) in [4.78, 5) is 0. The third kappa shape index (κ3) is 4.28. The Labute approximate surface area is 236 Å². The highest BCUT2D eigenvalue weighted by Crippen LogP contribution is 2.42. The molecule has 0 unspecified atom stereocenters. The molecule has 6 rings (SSSR count). The van der Waals surface area contributed by atoms with E-state index in [1.807, 2.05) is 12.2 Å². The standard InChI is InChI=1S/C40H32/c1-5-27(6-2)29-17-21-31(22-18-29)37-25-39-36-16-12-10-14-34(36)38(26-40(39)35-15-11-9-13-33(35)37)32-23-19-30(20-24-32)28(7-3)8-4/h5-26H,1,3H2,2,4H3/b27-6+,28-8+. The van der Waals surface area contributed by atoms with Gasteiger partial charge in [0.1, 0.15) is 0 Å². The maximum absolute atomic E-state index is 3.97. The van der Waals surface area contributed by atoms with Crippen molar-refractivity contribution < 1.29 is 0 Å². The minimum absolute atomic E-state index is 1.15. The van der Waals surface area contributed by atoms with E-state index in [1.54, 1.807) is 0 Å². The van der Waals surface area contributed by atoms with Crippen LogP contribution in [0.4, 0.5) is 0 Å².